The van der Waals surface area contributed by atoms with Gasteiger partial charge in [-0.1, -0.05) is 76.6 Å². The molecule has 0 atom stereocenters. The van der Waals surface area contributed by atoms with E-state index in [2.05, 4.69) is 79.2 Å². The quantitative estimate of drug-likeness (QED) is 0.220. The smallest absolute Gasteiger partial charge is 0.220 e. The lowest BCUT2D eigenvalue weighted by Crippen LogP contribution is -2.33. The zero-order valence-corrected chi connectivity index (χ0v) is 23.3. The molecule has 196 valence electrons. The van der Waals surface area contributed by atoms with Gasteiger partial charge < -0.3 is 21.1 Å². The van der Waals surface area contributed by atoms with Crippen LogP contribution in [0.5, 0.6) is 5.75 Å². The van der Waals surface area contributed by atoms with Crippen LogP contribution in [0.15, 0.2) is 54.7 Å². The van der Waals surface area contributed by atoms with E-state index in [0.29, 0.717) is 29.2 Å². The largest absolute Gasteiger partial charge is 0.506 e. The molecule has 0 aliphatic heterocycles. The van der Waals surface area contributed by atoms with Crippen molar-refractivity contribution in [3.05, 3.63) is 76.7 Å². The molecule has 0 amide bonds. The van der Waals surface area contributed by atoms with E-state index in [-0.39, 0.29) is 40.0 Å². The van der Waals surface area contributed by atoms with Crippen LogP contribution in [0.1, 0.15) is 51.6 Å². The van der Waals surface area contributed by atoms with Gasteiger partial charge in [0.2, 0.25) is 5.95 Å². The number of hydrogen-bond acceptors (Lipinski definition) is 6. The number of nitrogens with zero attached hydrogens (tertiary/aromatic N) is 3. The van der Waals surface area contributed by atoms with Gasteiger partial charge in [-0.05, 0) is 34.7 Å². The first kappa shape index (κ1) is 28.4. The number of aromatic nitrogens is 4. The van der Waals surface area contributed by atoms with Crippen LogP contribution in [0.3, 0.4) is 0 Å². The zero-order chi connectivity index (χ0) is 26.1. The molecule has 0 aliphatic carbocycles. The number of hydrogen-bond donors (Lipinski definition) is 4. The lowest BCUT2D eigenvalue weighted by Gasteiger charge is -2.23. The van der Waals surface area contributed by atoms with Crippen LogP contribution in [0.4, 0.5) is 5.95 Å². The third-order valence-corrected chi connectivity index (χ3v) is 6.53. The van der Waals surface area contributed by atoms with Crippen molar-refractivity contribution in [2.24, 2.45) is 0 Å². The van der Waals surface area contributed by atoms with Gasteiger partial charge in [-0.2, -0.15) is 0 Å². The number of phenols is 1. The van der Waals surface area contributed by atoms with Crippen molar-refractivity contribution in [2.45, 2.75) is 52.0 Å². The molecule has 0 aliphatic rings. The number of imidazole rings is 1. The predicted octanol–water partition coefficient (Wildman–Crippen LogP) is 6.26. The van der Waals surface area contributed by atoms with Gasteiger partial charge >= 0.3 is 0 Å². The number of halogens is 2. The van der Waals surface area contributed by atoms with E-state index >= 15 is 0 Å². The highest BCUT2D eigenvalue weighted by Crippen LogP contribution is 2.36. The molecule has 2 aromatic carbocycles. The summed E-state index contributed by atoms with van der Waals surface area (Å²) in [7, 11) is 0. The van der Waals surface area contributed by atoms with Crippen LogP contribution >= 0.6 is 24.0 Å². The van der Waals surface area contributed by atoms with Gasteiger partial charge in [-0.3, -0.25) is 0 Å². The molecule has 0 saturated carbocycles. The van der Waals surface area contributed by atoms with Crippen LogP contribution < -0.4 is 11.1 Å². The summed E-state index contributed by atoms with van der Waals surface area (Å²) in [5, 5.41) is 14.0. The highest BCUT2D eigenvalue weighted by molar-refractivity contribution is 6.32. The topological polar surface area (TPSA) is 113 Å². The maximum absolute atomic E-state index is 10.2. The Kier molecular flexibility index (Phi) is 8.52. The molecular weight excluding hydrogens is 507 g/mol. The fourth-order valence-corrected chi connectivity index (χ4v) is 4.10. The molecule has 0 unspecified atom stereocenters. The number of aromatic hydroxyl groups is 1. The minimum Gasteiger partial charge on any atom is -0.506 e. The normalized spacial score (nSPS) is 11.8. The molecule has 0 saturated heterocycles. The summed E-state index contributed by atoms with van der Waals surface area (Å²) >= 11 is 6.04. The van der Waals surface area contributed by atoms with Gasteiger partial charge in [0.25, 0.3) is 0 Å². The number of aromatic amines is 1. The molecule has 0 spiro atoms. The Morgan fingerprint density at radius 1 is 1.00 bits per heavy atom. The van der Waals surface area contributed by atoms with E-state index in [1.54, 1.807) is 24.4 Å². The van der Waals surface area contributed by atoms with Crippen LogP contribution in [0, 0.1) is 0 Å². The second kappa shape index (κ2) is 11.1. The number of phenolic OH excluding ortho intramolecular Hbond substituents is 1. The van der Waals surface area contributed by atoms with E-state index in [0.717, 1.165) is 12.4 Å². The summed E-state index contributed by atoms with van der Waals surface area (Å²) in [6.07, 6.45) is 1.61. The number of nitrogen functional groups attached to an aromatic ring is 1. The SMILES string of the molecule is CC(C)(C)c1ccc(CNCC(C)(C)c2nc(-c3ccc(Cl)c(O)c3)c(-c3ccnc(N)n3)[nH]2)cc1.Cl. The standard InChI is InChI=1S/C28H33ClN6O.ClH/c1-27(2,3)19-9-6-17(7-10-19)15-31-16-28(4,5)25-34-23(18-8-11-20(29)22(36)14-18)24(35-25)21-12-13-32-26(30)33-21;/h6-14,31,36H,15-16H2,1-5H3,(H,34,35)(H2,30,32,33);1H. The highest BCUT2D eigenvalue weighted by atomic mass is 35.5. The maximum Gasteiger partial charge on any atom is 0.220 e. The Balaban J connectivity index is 0.00000380. The Labute approximate surface area is 229 Å². The highest BCUT2D eigenvalue weighted by Gasteiger charge is 2.27. The monoisotopic (exact) mass is 540 g/mol. The molecule has 0 fully saturated rings. The van der Waals surface area contributed by atoms with Crippen LogP contribution in [-0.4, -0.2) is 31.6 Å². The molecule has 2 heterocycles. The second-order valence-corrected chi connectivity index (χ2v) is 11.1. The second-order valence-electron chi connectivity index (χ2n) is 10.7. The van der Waals surface area contributed by atoms with Crippen molar-refractivity contribution in [2.75, 3.05) is 12.3 Å². The summed E-state index contributed by atoms with van der Waals surface area (Å²) in [4.78, 5) is 16.8. The van der Waals surface area contributed by atoms with Crippen molar-refractivity contribution >= 4 is 30.0 Å². The number of nitrogens with two attached hydrogens (primary N) is 1. The van der Waals surface area contributed by atoms with Crippen molar-refractivity contribution in [1.29, 1.82) is 0 Å². The molecule has 0 radical (unpaired) electrons. The van der Waals surface area contributed by atoms with Gasteiger partial charge in [0, 0.05) is 30.3 Å². The van der Waals surface area contributed by atoms with Crippen molar-refractivity contribution in [3.8, 4) is 28.4 Å². The van der Waals surface area contributed by atoms with Crippen LogP contribution in [0.2, 0.25) is 5.02 Å². The number of H-pyrrole nitrogens is 1. The minimum absolute atomic E-state index is 0. The van der Waals surface area contributed by atoms with E-state index in [4.69, 9.17) is 22.3 Å². The van der Waals surface area contributed by atoms with Gasteiger partial charge in [0.1, 0.15) is 11.6 Å². The molecule has 2 aromatic heterocycles. The summed E-state index contributed by atoms with van der Waals surface area (Å²) < 4.78 is 0. The number of benzene rings is 2. The predicted molar refractivity (Wildman–Crippen MR) is 153 cm³/mol. The first-order chi connectivity index (χ1) is 16.9. The molecule has 9 heteroatoms. The molecule has 4 rings (SSSR count). The zero-order valence-electron chi connectivity index (χ0n) is 21.8. The minimum atomic E-state index is -0.328. The molecular formula is C28H34Cl2N6O. The molecule has 37 heavy (non-hydrogen) atoms. The number of rotatable bonds is 7. The van der Waals surface area contributed by atoms with Crippen molar-refractivity contribution < 1.29 is 5.11 Å². The average Bonchev–Trinajstić information content (AvgIpc) is 3.27. The first-order valence-electron chi connectivity index (χ1n) is 11.9. The average molecular weight is 542 g/mol. The first-order valence-corrected chi connectivity index (χ1v) is 12.3. The van der Waals surface area contributed by atoms with Crippen LogP contribution in [-0.2, 0) is 17.4 Å². The van der Waals surface area contributed by atoms with E-state index in [9.17, 15) is 5.11 Å². The van der Waals surface area contributed by atoms with E-state index in [1.807, 2.05) is 6.07 Å². The summed E-state index contributed by atoms with van der Waals surface area (Å²) in [5.74, 6) is 0.951. The molecule has 7 nitrogen and oxygen atoms in total. The number of nitrogens with one attached hydrogen (secondary N) is 2. The molecule has 5 N–H and O–H groups in total. The van der Waals surface area contributed by atoms with Crippen molar-refractivity contribution in [3.63, 3.8) is 0 Å². The van der Waals surface area contributed by atoms with E-state index < -0.39 is 0 Å². The van der Waals surface area contributed by atoms with Gasteiger partial charge in [-0.15, -0.1) is 12.4 Å². The Hall–Kier alpha value is -3.13. The Morgan fingerprint density at radius 3 is 2.32 bits per heavy atom. The third kappa shape index (κ3) is 6.60. The molecule has 4 aromatic rings. The summed E-state index contributed by atoms with van der Waals surface area (Å²) in [6, 6.07) is 15.6. The fraction of sp³-hybridized carbons (Fsp3) is 0.321. The lowest BCUT2D eigenvalue weighted by molar-refractivity contribution is 0.448. The van der Waals surface area contributed by atoms with Crippen LogP contribution in [0.25, 0.3) is 22.6 Å². The summed E-state index contributed by atoms with van der Waals surface area (Å²) in [6.45, 7) is 12.4. The van der Waals surface area contributed by atoms with Gasteiger partial charge in [-0.25, -0.2) is 15.0 Å². The summed E-state index contributed by atoms with van der Waals surface area (Å²) in [5.41, 5.74) is 10.9. The third-order valence-electron chi connectivity index (χ3n) is 6.21. The lowest BCUT2D eigenvalue weighted by atomic mass is 9.87. The Bertz CT molecular complexity index is 1360. The van der Waals surface area contributed by atoms with E-state index in [1.165, 1.54) is 11.1 Å². The molecule has 0 bridgehead atoms. The maximum atomic E-state index is 10.2. The fourth-order valence-electron chi connectivity index (χ4n) is 3.99. The van der Waals surface area contributed by atoms with Gasteiger partial charge in [0.15, 0.2) is 0 Å². The van der Waals surface area contributed by atoms with Crippen molar-refractivity contribution in [1.82, 2.24) is 25.3 Å². The Morgan fingerprint density at radius 2 is 1.70 bits per heavy atom. The van der Waals surface area contributed by atoms with Gasteiger partial charge in [0.05, 0.1) is 22.1 Å². The number of anilines is 1.